The molecule has 0 amide bonds. The SMILES string of the molecule is COC(=O)C[S+]([O-])c1nc2ncc(C(F)(F)F)cc2s1. The Morgan fingerprint density at radius 3 is 2.85 bits per heavy atom. The molecule has 0 spiro atoms. The monoisotopic (exact) mass is 324 g/mol. The molecule has 0 aliphatic carbocycles. The van der Waals surface area contributed by atoms with E-state index in [1.54, 1.807) is 0 Å². The van der Waals surface area contributed by atoms with E-state index in [2.05, 4.69) is 14.7 Å². The van der Waals surface area contributed by atoms with Crippen molar-refractivity contribution < 1.29 is 27.3 Å². The van der Waals surface area contributed by atoms with E-state index in [0.717, 1.165) is 24.5 Å². The molecule has 0 fully saturated rings. The minimum absolute atomic E-state index is 0.0391. The summed E-state index contributed by atoms with van der Waals surface area (Å²) in [5, 5.41) is 0. The third-order valence-corrected chi connectivity index (χ3v) is 4.80. The molecule has 1 atom stereocenters. The van der Waals surface area contributed by atoms with Gasteiger partial charge in [-0.15, -0.1) is 0 Å². The summed E-state index contributed by atoms with van der Waals surface area (Å²) in [6, 6.07) is 0.888. The average Bonchev–Trinajstić information content (AvgIpc) is 2.80. The molecule has 2 aromatic rings. The zero-order valence-electron chi connectivity index (χ0n) is 9.93. The van der Waals surface area contributed by atoms with E-state index in [-0.39, 0.29) is 14.7 Å². The molecule has 2 rings (SSSR count). The summed E-state index contributed by atoms with van der Waals surface area (Å²) >= 11 is -0.956. The first kappa shape index (κ1) is 15.0. The average molecular weight is 324 g/mol. The summed E-state index contributed by atoms with van der Waals surface area (Å²) in [5.41, 5.74) is -0.838. The van der Waals surface area contributed by atoms with Crippen LogP contribution < -0.4 is 0 Å². The third-order valence-electron chi connectivity index (χ3n) is 2.23. The van der Waals surface area contributed by atoms with Gasteiger partial charge in [0.25, 0.3) is 0 Å². The number of aromatic nitrogens is 2. The molecule has 0 bridgehead atoms. The lowest BCUT2D eigenvalue weighted by atomic mass is 10.3. The number of thiazole rings is 1. The number of methoxy groups -OCH3 is 1. The molecule has 10 heteroatoms. The van der Waals surface area contributed by atoms with Crippen LogP contribution in [0.1, 0.15) is 5.56 Å². The Labute approximate surface area is 118 Å². The number of esters is 1. The Kier molecular flexibility index (Phi) is 4.16. The Bertz CT molecular complexity index is 644. The second kappa shape index (κ2) is 5.54. The van der Waals surface area contributed by atoms with Crippen molar-refractivity contribution in [3.63, 3.8) is 0 Å². The maximum atomic E-state index is 12.5. The second-order valence-electron chi connectivity index (χ2n) is 3.59. The van der Waals surface area contributed by atoms with Crippen molar-refractivity contribution in [3.8, 4) is 0 Å². The molecule has 0 radical (unpaired) electrons. The number of fused-ring (bicyclic) bond motifs is 1. The van der Waals surface area contributed by atoms with Gasteiger partial charge in [0.2, 0.25) is 5.75 Å². The summed E-state index contributed by atoms with van der Waals surface area (Å²) in [5.74, 6) is -1.09. The fourth-order valence-electron chi connectivity index (χ4n) is 1.28. The van der Waals surface area contributed by atoms with Crippen LogP contribution in [0.5, 0.6) is 0 Å². The Morgan fingerprint density at radius 1 is 1.55 bits per heavy atom. The number of rotatable bonds is 3. The second-order valence-corrected chi connectivity index (χ2v) is 6.24. The lowest BCUT2D eigenvalue weighted by Gasteiger charge is -2.04. The zero-order valence-corrected chi connectivity index (χ0v) is 11.6. The number of carbonyl (C=O) groups excluding carboxylic acids is 1. The molecule has 5 nitrogen and oxygen atoms in total. The van der Waals surface area contributed by atoms with E-state index in [1.165, 1.54) is 0 Å². The third kappa shape index (κ3) is 3.19. The number of pyridine rings is 1. The first-order chi connectivity index (χ1) is 9.31. The number of hydrogen-bond acceptors (Lipinski definition) is 6. The van der Waals surface area contributed by atoms with Gasteiger partial charge in [0.15, 0.2) is 5.65 Å². The Hall–Kier alpha value is -1.39. The number of halogens is 3. The van der Waals surface area contributed by atoms with Gasteiger partial charge in [-0.2, -0.15) is 18.2 Å². The van der Waals surface area contributed by atoms with E-state index in [0.29, 0.717) is 6.20 Å². The van der Waals surface area contributed by atoms with Crippen LogP contribution in [0.3, 0.4) is 0 Å². The number of carbonyl (C=O) groups is 1. The van der Waals surface area contributed by atoms with E-state index >= 15 is 0 Å². The maximum absolute atomic E-state index is 12.5. The van der Waals surface area contributed by atoms with Gasteiger partial charge in [-0.1, -0.05) is 11.3 Å². The topological polar surface area (TPSA) is 75.1 Å². The van der Waals surface area contributed by atoms with Gasteiger partial charge in [-0.05, 0) is 6.07 Å². The highest BCUT2D eigenvalue weighted by atomic mass is 32.2. The predicted octanol–water partition coefficient (Wildman–Crippen LogP) is 1.99. The normalized spacial score (nSPS) is 13.4. The van der Waals surface area contributed by atoms with Crippen LogP contribution in [-0.2, 0) is 26.9 Å². The molecule has 2 heterocycles. The van der Waals surface area contributed by atoms with Gasteiger partial charge in [0.1, 0.15) is 0 Å². The van der Waals surface area contributed by atoms with Crippen LogP contribution in [0, 0.1) is 0 Å². The van der Waals surface area contributed by atoms with Crippen LogP contribution in [0.2, 0.25) is 0 Å². The lowest BCUT2D eigenvalue weighted by molar-refractivity contribution is -0.138. The minimum Gasteiger partial charge on any atom is -0.609 e. The van der Waals surface area contributed by atoms with Gasteiger partial charge in [0, 0.05) is 17.4 Å². The summed E-state index contributed by atoms with van der Waals surface area (Å²) in [4.78, 5) is 18.4. The molecule has 0 saturated heterocycles. The molecule has 108 valence electrons. The Morgan fingerprint density at radius 2 is 2.25 bits per heavy atom. The van der Waals surface area contributed by atoms with Crippen LogP contribution in [0.25, 0.3) is 10.3 Å². The highest BCUT2D eigenvalue weighted by Gasteiger charge is 2.32. The first-order valence-electron chi connectivity index (χ1n) is 5.10. The summed E-state index contributed by atoms with van der Waals surface area (Å²) in [7, 11) is 1.15. The van der Waals surface area contributed by atoms with E-state index in [1.807, 2.05) is 0 Å². The molecule has 2 aromatic heterocycles. The number of nitrogens with zero attached hydrogens (tertiary/aromatic N) is 2. The van der Waals surface area contributed by atoms with Crippen LogP contribution in [-0.4, -0.2) is 33.4 Å². The summed E-state index contributed by atoms with van der Waals surface area (Å²) in [6.07, 6.45) is -3.84. The molecular weight excluding hydrogens is 317 g/mol. The van der Waals surface area contributed by atoms with Crippen molar-refractivity contribution in [2.45, 2.75) is 10.5 Å². The molecule has 0 aliphatic rings. The first-order valence-corrected chi connectivity index (χ1v) is 7.24. The maximum Gasteiger partial charge on any atom is 0.417 e. The van der Waals surface area contributed by atoms with Crippen LogP contribution in [0.4, 0.5) is 13.2 Å². The smallest absolute Gasteiger partial charge is 0.417 e. The van der Waals surface area contributed by atoms with Crippen LogP contribution >= 0.6 is 11.3 Å². The van der Waals surface area contributed by atoms with Gasteiger partial charge in [0.05, 0.1) is 17.4 Å². The van der Waals surface area contributed by atoms with Crippen molar-refractivity contribution in [1.29, 1.82) is 0 Å². The van der Waals surface area contributed by atoms with E-state index in [4.69, 9.17) is 0 Å². The van der Waals surface area contributed by atoms with Crippen molar-refractivity contribution in [1.82, 2.24) is 9.97 Å². The molecular formula is C10H7F3N2O3S2. The lowest BCUT2D eigenvalue weighted by Crippen LogP contribution is -2.17. The number of ether oxygens (including phenoxy) is 1. The van der Waals surface area contributed by atoms with Gasteiger partial charge in [-0.25, -0.2) is 9.78 Å². The minimum atomic E-state index is -4.50. The molecule has 0 saturated carbocycles. The largest absolute Gasteiger partial charge is 0.609 e. The summed E-state index contributed by atoms with van der Waals surface area (Å²) < 4.78 is 53.9. The Balaban J connectivity index is 2.32. The van der Waals surface area contributed by atoms with Crippen molar-refractivity contribution in [2.24, 2.45) is 0 Å². The predicted molar refractivity (Wildman–Crippen MR) is 65.7 cm³/mol. The standard InChI is InChI=1S/C10H7F3N2O3S2/c1-18-7(16)4-20(17)9-15-8-6(19-9)2-5(3-14-8)10(11,12)13/h2-3H,4H2,1H3. The van der Waals surface area contributed by atoms with Crippen molar-refractivity contribution in [3.05, 3.63) is 17.8 Å². The highest BCUT2D eigenvalue weighted by Crippen LogP contribution is 2.33. The van der Waals surface area contributed by atoms with Gasteiger partial charge < -0.3 is 9.29 Å². The molecule has 1 unspecified atom stereocenters. The number of hydrogen-bond donors (Lipinski definition) is 0. The molecule has 20 heavy (non-hydrogen) atoms. The van der Waals surface area contributed by atoms with E-state index in [9.17, 15) is 22.5 Å². The molecule has 0 N–H and O–H groups in total. The quantitative estimate of drug-likeness (QED) is 0.637. The summed E-state index contributed by atoms with van der Waals surface area (Å²) in [6.45, 7) is 0. The number of alkyl halides is 3. The van der Waals surface area contributed by atoms with Crippen molar-refractivity contribution >= 4 is 38.8 Å². The van der Waals surface area contributed by atoms with Gasteiger partial charge >= 0.3 is 16.5 Å². The van der Waals surface area contributed by atoms with Crippen molar-refractivity contribution in [2.75, 3.05) is 12.9 Å². The van der Waals surface area contributed by atoms with E-state index < -0.39 is 34.6 Å². The highest BCUT2D eigenvalue weighted by molar-refractivity contribution is 7.94. The van der Waals surface area contributed by atoms with Crippen LogP contribution in [0.15, 0.2) is 16.6 Å². The molecule has 0 aromatic carbocycles. The fourth-order valence-corrected chi connectivity index (χ4v) is 3.44. The zero-order chi connectivity index (χ0) is 14.9. The fraction of sp³-hybridized carbons (Fsp3) is 0.300. The van der Waals surface area contributed by atoms with Gasteiger partial charge in [-0.3, -0.25) is 0 Å². The molecule has 0 aliphatic heterocycles.